The van der Waals surface area contributed by atoms with Gasteiger partial charge in [0.05, 0.1) is 5.41 Å². The molecule has 0 amide bonds. The van der Waals surface area contributed by atoms with Gasteiger partial charge >= 0.3 is 0 Å². The predicted octanol–water partition coefficient (Wildman–Crippen LogP) is 16.8. The van der Waals surface area contributed by atoms with Crippen LogP contribution in [-0.2, 0) is 31.1 Å². The number of unbranched alkanes of at least 4 members (excludes halogenated alkanes) is 12. The van der Waals surface area contributed by atoms with Crippen LogP contribution in [0.3, 0.4) is 0 Å². The summed E-state index contributed by atoms with van der Waals surface area (Å²) in [7, 11) is 0. The lowest BCUT2D eigenvalue weighted by atomic mass is 9.67. The number of aryl methyl sites for hydroxylation is 6. The average molecular weight is 759 g/mol. The Morgan fingerprint density at radius 2 is 0.825 bits per heavy atom. The van der Waals surface area contributed by atoms with Gasteiger partial charge in [-0.15, -0.1) is 0 Å². The molecule has 0 aromatic heterocycles. The fourth-order valence-corrected chi connectivity index (χ4v) is 9.79. The lowest BCUT2D eigenvalue weighted by Gasteiger charge is -2.34. The molecule has 0 heteroatoms. The Morgan fingerprint density at radius 1 is 0.368 bits per heavy atom. The van der Waals surface area contributed by atoms with Gasteiger partial charge in [-0.3, -0.25) is 0 Å². The first-order valence-electron chi connectivity index (χ1n) is 23.5. The van der Waals surface area contributed by atoms with E-state index in [1.54, 1.807) is 0 Å². The Morgan fingerprint density at radius 3 is 1.33 bits per heavy atom. The largest absolute Gasteiger partial charge is 0.0713 e. The fourth-order valence-electron chi connectivity index (χ4n) is 9.79. The van der Waals surface area contributed by atoms with Crippen LogP contribution in [0.1, 0.15) is 186 Å². The zero-order chi connectivity index (χ0) is 40.0. The van der Waals surface area contributed by atoms with E-state index in [-0.39, 0.29) is 0 Å². The summed E-state index contributed by atoms with van der Waals surface area (Å²) in [6.07, 6.45) is 25.4. The van der Waals surface area contributed by atoms with E-state index in [1.165, 1.54) is 187 Å². The van der Waals surface area contributed by atoms with Crippen LogP contribution in [-0.4, -0.2) is 0 Å². The quantitative estimate of drug-likeness (QED) is 0.0571. The van der Waals surface area contributed by atoms with Gasteiger partial charge in [-0.2, -0.15) is 0 Å². The molecule has 0 aliphatic heterocycles. The Labute approximate surface area is 349 Å². The first-order valence-corrected chi connectivity index (χ1v) is 23.5. The fraction of sp³-hybridized carbons (Fsp3) is 0.474. The zero-order valence-electron chi connectivity index (χ0n) is 36.9. The van der Waals surface area contributed by atoms with Crippen molar-refractivity contribution in [1.82, 2.24) is 0 Å². The minimum absolute atomic E-state index is 0.400. The van der Waals surface area contributed by atoms with E-state index in [1.807, 2.05) is 0 Å². The maximum absolute atomic E-state index is 2.63. The second kappa shape index (κ2) is 21.2. The van der Waals surface area contributed by atoms with Crippen molar-refractivity contribution in [2.45, 2.75) is 175 Å². The van der Waals surface area contributed by atoms with Crippen molar-refractivity contribution >= 4 is 0 Å². The van der Waals surface area contributed by atoms with Crippen molar-refractivity contribution in [2.24, 2.45) is 0 Å². The lowest BCUT2D eigenvalue weighted by Crippen LogP contribution is -2.29. The monoisotopic (exact) mass is 759 g/mol. The first kappa shape index (κ1) is 42.7. The molecule has 0 radical (unpaired) electrons. The average Bonchev–Trinajstić information content (AvgIpc) is 3.51. The first-order chi connectivity index (χ1) is 27.9. The highest BCUT2D eigenvalue weighted by Gasteiger charge is 2.46. The SMILES string of the molecule is CCCCCCc1ccc(C2(c3ccc(CCCCCC)cc3)c3cc(C)ccc3-c3ccc(-c4cc(CCCCCC)c(C)cc4CCCCCC)cc32)cc1. The van der Waals surface area contributed by atoms with E-state index >= 15 is 0 Å². The molecule has 0 heterocycles. The summed E-state index contributed by atoms with van der Waals surface area (Å²) >= 11 is 0. The maximum Gasteiger partial charge on any atom is 0.0713 e. The lowest BCUT2D eigenvalue weighted by molar-refractivity contribution is 0.662. The van der Waals surface area contributed by atoms with E-state index in [2.05, 4.69) is 139 Å². The molecule has 5 aromatic carbocycles. The molecule has 0 spiro atoms. The van der Waals surface area contributed by atoms with E-state index in [0.717, 1.165) is 19.3 Å². The second-order valence-electron chi connectivity index (χ2n) is 17.6. The molecule has 0 saturated carbocycles. The van der Waals surface area contributed by atoms with Crippen LogP contribution in [0.4, 0.5) is 0 Å². The summed E-state index contributed by atoms with van der Waals surface area (Å²) in [6.45, 7) is 13.9. The van der Waals surface area contributed by atoms with Crippen LogP contribution in [0, 0.1) is 13.8 Å². The van der Waals surface area contributed by atoms with Gasteiger partial charge in [0.15, 0.2) is 0 Å². The third kappa shape index (κ3) is 10.0. The van der Waals surface area contributed by atoms with Crippen molar-refractivity contribution in [2.75, 3.05) is 0 Å². The van der Waals surface area contributed by atoms with Gasteiger partial charge in [-0.25, -0.2) is 0 Å². The van der Waals surface area contributed by atoms with E-state index in [9.17, 15) is 0 Å². The number of rotatable bonds is 23. The molecule has 1 aliphatic carbocycles. The molecule has 1 aliphatic rings. The predicted molar refractivity (Wildman–Crippen MR) is 250 cm³/mol. The van der Waals surface area contributed by atoms with Gasteiger partial charge in [0.25, 0.3) is 0 Å². The Bertz CT molecular complexity index is 1930. The van der Waals surface area contributed by atoms with Crippen LogP contribution in [0.25, 0.3) is 22.3 Å². The van der Waals surface area contributed by atoms with Gasteiger partial charge < -0.3 is 0 Å². The topological polar surface area (TPSA) is 0 Å². The van der Waals surface area contributed by atoms with Crippen molar-refractivity contribution in [3.8, 4) is 22.3 Å². The molecule has 0 unspecified atom stereocenters. The van der Waals surface area contributed by atoms with Crippen LogP contribution < -0.4 is 0 Å². The smallest absolute Gasteiger partial charge is 0.0654 e. The Balaban J connectivity index is 1.52. The third-order valence-electron chi connectivity index (χ3n) is 13.2. The van der Waals surface area contributed by atoms with Gasteiger partial charge in [-0.05, 0) is 144 Å². The summed E-state index contributed by atoms with van der Waals surface area (Å²) in [5, 5.41) is 0. The van der Waals surface area contributed by atoms with Gasteiger partial charge in [0, 0.05) is 0 Å². The van der Waals surface area contributed by atoms with Crippen molar-refractivity contribution in [3.63, 3.8) is 0 Å². The minimum Gasteiger partial charge on any atom is -0.0654 e. The normalized spacial score (nSPS) is 12.9. The summed E-state index contributed by atoms with van der Waals surface area (Å²) in [6, 6.07) is 39.7. The van der Waals surface area contributed by atoms with Gasteiger partial charge in [-0.1, -0.05) is 201 Å². The summed E-state index contributed by atoms with van der Waals surface area (Å²) < 4.78 is 0. The molecule has 0 N–H and O–H groups in total. The number of fused-ring (bicyclic) bond motifs is 3. The Kier molecular flexibility index (Phi) is 15.9. The highest BCUT2D eigenvalue weighted by atomic mass is 14.5. The van der Waals surface area contributed by atoms with Crippen LogP contribution in [0.15, 0.2) is 97.1 Å². The third-order valence-corrected chi connectivity index (χ3v) is 13.2. The van der Waals surface area contributed by atoms with E-state index in [0.29, 0.717) is 0 Å². The summed E-state index contributed by atoms with van der Waals surface area (Å²) in [4.78, 5) is 0. The van der Waals surface area contributed by atoms with Crippen molar-refractivity contribution in [1.29, 1.82) is 0 Å². The summed E-state index contributed by atoms with van der Waals surface area (Å²) in [5.41, 5.74) is 19.6. The molecule has 0 fully saturated rings. The standard InChI is InChI=1S/C57H74/c1-7-11-15-19-23-45-28-33-50(34-29-45)57(51-35-30-46(31-36-51)24-20-16-12-8-2)55-39-43(5)27-37-52(55)53-38-32-49(42-56(53)57)54-41-47(25-21-17-13-9-3)44(6)40-48(54)26-22-18-14-10-4/h27-42H,7-26H2,1-6H3. The Hall–Kier alpha value is -3.90. The number of benzene rings is 5. The molecular weight excluding hydrogens is 685 g/mol. The molecule has 0 nitrogen and oxygen atoms in total. The molecule has 0 saturated heterocycles. The van der Waals surface area contributed by atoms with Crippen molar-refractivity contribution < 1.29 is 0 Å². The summed E-state index contributed by atoms with van der Waals surface area (Å²) in [5.74, 6) is 0. The van der Waals surface area contributed by atoms with Crippen LogP contribution in [0.5, 0.6) is 0 Å². The van der Waals surface area contributed by atoms with Crippen LogP contribution >= 0.6 is 0 Å². The highest BCUT2D eigenvalue weighted by Crippen LogP contribution is 2.57. The maximum atomic E-state index is 2.63. The second-order valence-corrected chi connectivity index (χ2v) is 17.6. The number of hydrogen-bond donors (Lipinski definition) is 0. The molecule has 0 bridgehead atoms. The molecule has 6 rings (SSSR count). The number of hydrogen-bond acceptors (Lipinski definition) is 0. The molecule has 302 valence electrons. The molecule has 5 aromatic rings. The van der Waals surface area contributed by atoms with Crippen molar-refractivity contribution in [3.05, 3.63) is 153 Å². The van der Waals surface area contributed by atoms with Gasteiger partial charge in [0.2, 0.25) is 0 Å². The zero-order valence-corrected chi connectivity index (χ0v) is 36.9. The van der Waals surface area contributed by atoms with Crippen LogP contribution in [0.2, 0.25) is 0 Å². The molecule has 0 atom stereocenters. The van der Waals surface area contributed by atoms with E-state index in [4.69, 9.17) is 0 Å². The highest BCUT2D eigenvalue weighted by molar-refractivity contribution is 5.89. The van der Waals surface area contributed by atoms with Gasteiger partial charge in [0.1, 0.15) is 0 Å². The van der Waals surface area contributed by atoms with E-state index < -0.39 is 5.41 Å². The molecular formula is C57H74. The molecule has 57 heavy (non-hydrogen) atoms. The minimum atomic E-state index is -0.400.